The lowest BCUT2D eigenvalue weighted by Crippen LogP contribution is -2.25. The van der Waals surface area contributed by atoms with E-state index in [1.165, 1.54) is 10.9 Å². The minimum absolute atomic E-state index is 0.0174. The molecule has 0 aliphatic carbocycles. The summed E-state index contributed by atoms with van der Waals surface area (Å²) in [5, 5.41) is 5.97. The molecule has 0 aliphatic rings. The van der Waals surface area contributed by atoms with Gasteiger partial charge in [0.1, 0.15) is 6.33 Å². The first-order chi connectivity index (χ1) is 6.15. The first-order valence-electron chi connectivity index (χ1n) is 4.05. The summed E-state index contributed by atoms with van der Waals surface area (Å²) in [7, 11) is 0. The van der Waals surface area contributed by atoms with Crippen LogP contribution in [-0.4, -0.2) is 19.8 Å². The Morgan fingerprint density at radius 1 is 1.92 bits per heavy atom. The first-order valence-corrected chi connectivity index (χ1v) is 4.45. The van der Waals surface area contributed by atoms with E-state index in [0.29, 0.717) is 11.4 Å². The summed E-state index contributed by atoms with van der Waals surface area (Å²) in [6, 6.07) is 0.0174. The summed E-state index contributed by atoms with van der Waals surface area (Å²) in [4.78, 5) is 11.6. The van der Waals surface area contributed by atoms with Crippen molar-refractivity contribution in [2.75, 3.05) is 0 Å². The van der Waals surface area contributed by atoms with Crippen LogP contribution in [0.2, 0.25) is 0 Å². The molecule has 0 amide bonds. The fourth-order valence-electron chi connectivity index (χ4n) is 1.19. The van der Waals surface area contributed by atoms with E-state index in [-0.39, 0.29) is 11.7 Å². The van der Waals surface area contributed by atoms with Crippen molar-refractivity contribution in [1.29, 1.82) is 0 Å². The Morgan fingerprint density at radius 2 is 2.62 bits per heavy atom. The predicted molar refractivity (Wildman–Crippen MR) is 53.6 cm³/mol. The average molecular weight is 200 g/mol. The number of aromatic nitrogens is 3. The summed E-state index contributed by atoms with van der Waals surface area (Å²) in [5.74, 6) is 0. The number of nitrogens with zero attached hydrogens (tertiary/aromatic N) is 2. The maximum absolute atomic E-state index is 11.2. The number of H-pyrrole nitrogens is 1. The number of thiocarbonyl (C=S) groups is 1. The highest BCUT2D eigenvalue weighted by molar-refractivity contribution is 7.80. The van der Waals surface area contributed by atoms with Gasteiger partial charge in [-0.2, -0.15) is 5.10 Å². The molecule has 6 heteroatoms. The van der Waals surface area contributed by atoms with Crippen LogP contribution in [0.25, 0.3) is 0 Å². The summed E-state index contributed by atoms with van der Waals surface area (Å²) < 4.78 is 1.51. The minimum Gasteiger partial charge on any atom is -0.393 e. The van der Waals surface area contributed by atoms with Gasteiger partial charge in [0, 0.05) is 12.5 Å². The van der Waals surface area contributed by atoms with Crippen molar-refractivity contribution in [1.82, 2.24) is 14.8 Å². The SMILES string of the molecule is CCC(CC(N)=S)n1cn[nH]c1=O. The lowest BCUT2D eigenvalue weighted by Gasteiger charge is -2.13. The second-order valence-electron chi connectivity index (χ2n) is 2.80. The molecule has 0 saturated heterocycles. The number of rotatable bonds is 4. The normalized spacial score (nSPS) is 12.7. The molecule has 0 spiro atoms. The molecule has 1 unspecified atom stereocenters. The molecule has 0 aliphatic heterocycles. The van der Waals surface area contributed by atoms with Gasteiger partial charge in [-0.3, -0.25) is 4.57 Å². The maximum Gasteiger partial charge on any atom is 0.343 e. The van der Waals surface area contributed by atoms with Crippen molar-refractivity contribution < 1.29 is 0 Å². The van der Waals surface area contributed by atoms with E-state index in [2.05, 4.69) is 10.2 Å². The molecule has 1 heterocycles. The smallest absolute Gasteiger partial charge is 0.343 e. The van der Waals surface area contributed by atoms with Gasteiger partial charge in [0.2, 0.25) is 0 Å². The standard InChI is InChI=1S/C7H12N4OS/c1-2-5(3-6(8)13)11-4-9-10-7(11)12/h4-5H,2-3H2,1H3,(H2,8,13)(H,10,12). The van der Waals surface area contributed by atoms with Crippen LogP contribution < -0.4 is 11.4 Å². The van der Waals surface area contributed by atoms with Crippen LogP contribution >= 0.6 is 12.2 Å². The molecule has 1 atom stereocenters. The Bertz CT molecular complexity index is 342. The molecule has 0 fully saturated rings. The van der Waals surface area contributed by atoms with Crippen molar-refractivity contribution >= 4 is 17.2 Å². The summed E-state index contributed by atoms with van der Waals surface area (Å²) in [6.07, 6.45) is 2.80. The highest BCUT2D eigenvalue weighted by Gasteiger charge is 2.11. The van der Waals surface area contributed by atoms with Crippen LogP contribution in [0.5, 0.6) is 0 Å². The maximum atomic E-state index is 11.2. The van der Waals surface area contributed by atoms with Gasteiger partial charge >= 0.3 is 5.69 Å². The van der Waals surface area contributed by atoms with Crippen molar-refractivity contribution in [3.63, 3.8) is 0 Å². The molecule has 1 aromatic heterocycles. The van der Waals surface area contributed by atoms with E-state index in [1.54, 1.807) is 0 Å². The van der Waals surface area contributed by atoms with Gasteiger partial charge in [-0.1, -0.05) is 19.1 Å². The van der Waals surface area contributed by atoms with Crippen LogP contribution in [-0.2, 0) is 0 Å². The van der Waals surface area contributed by atoms with E-state index in [9.17, 15) is 4.79 Å². The third-order valence-electron chi connectivity index (χ3n) is 1.88. The Kier molecular flexibility index (Phi) is 3.18. The molecule has 1 aromatic rings. The van der Waals surface area contributed by atoms with E-state index >= 15 is 0 Å². The Morgan fingerprint density at radius 3 is 3.00 bits per heavy atom. The van der Waals surface area contributed by atoms with E-state index in [0.717, 1.165) is 6.42 Å². The van der Waals surface area contributed by atoms with Crippen LogP contribution in [0.4, 0.5) is 0 Å². The van der Waals surface area contributed by atoms with E-state index in [1.807, 2.05) is 6.92 Å². The van der Waals surface area contributed by atoms with E-state index in [4.69, 9.17) is 18.0 Å². The zero-order valence-corrected chi connectivity index (χ0v) is 8.17. The molecule has 5 nitrogen and oxygen atoms in total. The molecule has 0 saturated carbocycles. The van der Waals surface area contributed by atoms with Gasteiger partial charge in [-0.05, 0) is 6.42 Å². The molecular weight excluding hydrogens is 188 g/mol. The van der Waals surface area contributed by atoms with Crippen molar-refractivity contribution in [2.24, 2.45) is 5.73 Å². The summed E-state index contributed by atoms with van der Waals surface area (Å²) >= 11 is 4.79. The molecule has 13 heavy (non-hydrogen) atoms. The lowest BCUT2D eigenvalue weighted by atomic mass is 10.1. The first kappa shape index (κ1) is 9.91. The molecule has 0 bridgehead atoms. The molecule has 72 valence electrons. The molecule has 0 aromatic carbocycles. The monoisotopic (exact) mass is 200 g/mol. The topological polar surface area (TPSA) is 76.7 Å². The van der Waals surface area contributed by atoms with Gasteiger partial charge in [0.05, 0.1) is 4.99 Å². The third-order valence-corrected chi connectivity index (χ3v) is 2.04. The number of hydrogen-bond acceptors (Lipinski definition) is 3. The van der Waals surface area contributed by atoms with Crippen LogP contribution in [0.1, 0.15) is 25.8 Å². The Labute approximate surface area is 80.9 Å². The van der Waals surface area contributed by atoms with Crippen molar-refractivity contribution in [2.45, 2.75) is 25.8 Å². The lowest BCUT2D eigenvalue weighted by molar-refractivity contribution is 0.489. The van der Waals surface area contributed by atoms with Crippen LogP contribution in [0.15, 0.2) is 11.1 Å². The number of aromatic amines is 1. The number of hydrogen-bond donors (Lipinski definition) is 2. The Balaban J connectivity index is 2.84. The van der Waals surface area contributed by atoms with E-state index < -0.39 is 0 Å². The highest BCUT2D eigenvalue weighted by atomic mass is 32.1. The molecule has 1 rings (SSSR count). The van der Waals surface area contributed by atoms with Crippen LogP contribution in [0.3, 0.4) is 0 Å². The zero-order chi connectivity index (χ0) is 9.84. The fourth-order valence-corrected chi connectivity index (χ4v) is 1.38. The van der Waals surface area contributed by atoms with Crippen molar-refractivity contribution in [3.8, 4) is 0 Å². The second-order valence-corrected chi connectivity index (χ2v) is 3.33. The summed E-state index contributed by atoms with van der Waals surface area (Å²) in [6.45, 7) is 1.97. The molecule has 3 N–H and O–H groups in total. The second kappa shape index (κ2) is 4.18. The van der Waals surface area contributed by atoms with Crippen molar-refractivity contribution in [3.05, 3.63) is 16.8 Å². The molecular formula is C7H12N4OS. The Hall–Kier alpha value is -1.17. The highest BCUT2D eigenvalue weighted by Crippen LogP contribution is 2.12. The van der Waals surface area contributed by atoms with Gasteiger partial charge in [-0.15, -0.1) is 0 Å². The summed E-state index contributed by atoms with van der Waals surface area (Å²) in [5.41, 5.74) is 5.19. The minimum atomic E-state index is -0.219. The van der Waals surface area contributed by atoms with Gasteiger partial charge in [0.25, 0.3) is 0 Å². The largest absolute Gasteiger partial charge is 0.393 e. The number of nitrogens with two attached hydrogens (primary N) is 1. The third kappa shape index (κ3) is 2.38. The molecule has 0 radical (unpaired) electrons. The predicted octanol–water partition coefficient (Wildman–Crippen LogP) is 0.199. The number of nitrogens with one attached hydrogen (secondary N) is 1. The van der Waals surface area contributed by atoms with Gasteiger partial charge < -0.3 is 5.73 Å². The zero-order valence-electron chi connectivity index (χ0n) is 7.36. The van der Waals surface area contributed by atoms with Crippen LogP contribution in [0, 0.1) is 0 Å². The fraction of sp³-hybridized carbons (Fsp3) is 0.571. The average Bonchev–Trinajstić information content (AvgIpc) is 2.47. The van der Waals surface area contributed by atoms with Gasteiger partial charge in [-0.25, -0.2) is 9.89 Å². The quantitative estimate of drug-likeness (QED) is 0.681. The van der Waals surface area contributed by atoms with Gasteiger partial charge in [0.15, 0.2) is 0 Å².